The van der Waals surface area contributed by atoms with E-state index in [2.05, 4.69) is 15.1 Å². The number of nitrogens with zero attached hydrogens (tertiary/aromatic N) is 3. The molecule has 1 unspecified atom stereocenters. The fraction of sp³-hybridized carbons (Fsp3) is 0.150. The third-order valence-corrected chi connectivity index (χ3v) is 4.88. The Morgan fingerprint density at radius 2 is 1.85 bits per heavy atom. The standard InChI is InChI=1S/C20H14ClN3O2/c21-15-11-12-5-1-3-7-16(12)22-18(15)20-23-19(24-26-20)14-9-10-25-17-8-4-2-6-13(14)17/h1-8,11,14H,9-10H2. The van der Waals surface area contributed by atoms with Gasteiger partial charge in [0.1, 0.15) is 11.4 Å². The van der Waals surface area contributed by atoms with Gasteiger partial charge in [0.2, 0.25) is 0 Å². The van der Waals surface area contributed by atoms with E-state index in [0.29, 0.717) is 29.0 Å². The van der Waals surface area contributed by atoms with Crippen LogP contribution in [-0.4, -0.2) is 21.7 Å². The van der Waals surface area contributed by atoms with Crippen LogP contribution in [0.5, 0.6) is 5.75 Å². The molecule has 6 heteroatoms. The monoisotopic (exact) mass is 363 g/mol. The number of hydrogen-bond acceptors (Lipinski definition) is 5. The molecule has 1 atom stereocenters. The predicted molar refractivity (Wildman–Crippen MR) is 98.4 cm³/mol. The molecule has 4 aromatic rings. The van der Waals surface area contributed by atoms with Gasteiger partial charge in [-0.25, -0.2) is 4.98 Å². The van der Waals surface area contributed by atoms with E-state index in [0.717, 1.165) is 28.6 Å². The minimum atomic E-state index is 0.0386. The Bertz CT molecular complexity index is 1110. The molecule has 26 heavy (non-hydrogen) atoms. The van der Waals surface area contributed by atoms with Crippen LogP contribution in [0.4, 0.5) is 0 Å². The zero-order valence-corrected chi connectivity index (χ0v) is 14.5. The first-order valence-corrected chi connectivity index (χ1v) is 8.78. The minimum Gasteiger partial charge on any atom is -0.493 e. The Morgan fingerprint density at radius 3 is 2.81 bits per heavy atom. The zero-order valence-electron chi connectivity index (χ0n) is 13.7. The van der Waals surface area contributed by atoms with Crippen LogP contribution in [0.15, 0.2) is 59.1 Å². The molecule has 5 nitrogen and oxygen atoms in total. The summed E-state index contributed by atoms with van der Waals surface area (Å²) in [4.78, 5) is 9.19. The number of hydrogen-bond donors (Lipinski definition) is 0. The third-order valence-electron chi connectivity index (χ3n) is 4.59. The van der Waals surface area contributed by atoms with Crippen molar-refractivity contribution in [3.63, 3.8) is 0 Å². The van der Waals surface area contributed by atoms with Crippen molar-refractivity contribution in [2.75, 3.05) is 6.61 Å². The van der Waals surface area contributed by atoms with Crippen molar-refractivity contribution in [3.05, 3.63) is 71.0 Å². The molecule has 0 saturated heterocycles. The topological polar surface area (TPSA) is 61.0 Å². The van der Waals surface area contributed by atoms with Gasteiger partial charge >= 0.3 is 0 Å². The largest absolute Gasteiger partial charge is 0.493 e. The molecule has 0 spiro atoms. The fourth-order valence-electron chi connectivity index (χ4n) is 3.32. The molecule has 0 radical (unpaired) electrons. The SMILES string of the molecule is Clc1cc2ccccc2nc1-c1nc(C2CCOc3ccccc32)no1. The van der Waals surface area contributed by atoms with Crippen molar-refractivity contribution in [1.29, 1.82) is 0 Å². The summed E-state index contributed by atoms with van der Waals surface area (Å²) < 4.78 is 11.2. The van der Waals surface area contributed by atoms with Gasteiger partial charge in [-0.05, 0) is 24.6 Å². The van der Waals surface area contributed by atoms with Crippen molar-refractivity contribution < 1.29 is 9.26 Å². The van der Waals surface area contributed by atoms with Gasteiger partial charge in [0.05, 0.1) is 23.1 Å². The van der Waals surface area contributed by atoms with Crippen molar-refractivity contribution >= 4 is 22.5 Å². The van der Waals surface area contributed by atoms with E-state index in [1.807, 2.05) is 54.6 Å². The molecule has 1 aliphatic rings. The maximum atomic E-state index is 6.40. The summed E-state index contributed by atoms with van der Waals surface area (Å²) in [6.07, 6.45) is 0.800. The normalized spacial score (nSPS) is 16.3. The van der Waals surface area contributed by atoms with Crippen LogP contribution in [0.3, 0.4) is 0 Å². The molecular weight excluding hydrogens is 350 g/mol. The molecule has 0 aliphatic carbocycles. The van der Waals surface area contributed by atoms with Gasteiger partial charge < -0.3 is 9.26 Å². The first kappa shape index (κ1) is 15.3. The van der Waals surface area contributed by atoms with Crippen LogP contribution >= 0.6 is 11.6 Å². The van der Waals surface area contributed by atoms with Gasteiger partial charge in [0.15, 0.2) is 5.82 Å². The Hall–Kier alpha value is -2.92. The van der Waals surface area contributed by atoms with E-state index < -0.39 is 0 Å². The summed E-state index contributed by atoms with van der Waals surface area (Å²) in [7, 11) is 0. The molecule has 0 amide bonds. The van der Waals surface area contributed by atoms with Crippen molar-refractivity contribution in [2.45, 2.75) is 12.3 Å². The fourth-order valence-corrected chi connectivity index (χ4v) is 3.56. The second kappa shape index (κ2) is 6.11. The average Bonchev–Trinajstić information content (AvgIpc) is 3.16. The highest BCUT2D eigenvalue weighted by Crippen LogP contribution is 2.37. The second-order valence-electron chi connectivity index (χ2n) is 6.20. The molecule has 128 valence electrons. The van der Waals surface area contributed by atoms with Gasteiger partial charge in [-0.2, -0.15) is 4.98 Å². The molecule has 2 aromatic carbocycles. The molecule has 3 heterocycles. The molecule has 0 fully saturated rings. The van der Waals surface area contributed by atoms with Crippen molar-refractivity contribution in [3.8, 4) is 17.3 Å². The second-order valence-corrected chi connectivity index (χ2v) is 6.60. The van der Waals surface area contributed by atoms with E-state index in [1.165, 1.54) is 0 Å². The van der Waals surface area contributed by atoms with Gasteiger partial charge in [0, 0.05) is 10.9 Å². The molecule has 0 N–H and O–H groups in total. The third kappa shape index (κ3) is 2.52. The maximum Gasteiger partial charge on any atom is 0.278 e. The molecule has 5 rings (SSSR count). The number of pyridine rings is 1. The van der Waals surface area contributed by atoms with Gasteiger partial charge in [-0.3, -0.25) is 0 Å². The van der Waals surface area contributed by atoms with Gasteiger partial charge in [0.25, 0.3) is 5.89 Å². The van der Waals surface area contributed by atoms with E-state index in [4.69, 9.17) is 20.9 Å². The summed E-state index contributed by atoms with van der Waals surface area (Å²) in [5.41, 5.74) is 2.41. The Kier molecular flexibility index (Phi) is 3.60. The van der Waals surface area contributed by atoms with Crippen LogP contribution in [0.1, 0.15) is 23.7 Å². The number of para-hydroxylation sites is 2. The number of fused-ring (bicyclic) bond motifs is 2. The van der Waals surface area contributed by atoms with E-state index in [9.17, 15) is 0 Å². The summed E-state index contributed by atoms with van der Waals surface area (Å²) >= 11 is 6.40. The molecule has 2 aromatic heterocycles. The maximum absolute atomic E-state index is 6.40. The van der Waals surface area contributed by atoms with E-state index in [-0.39, 0.29) is 5.92 Å². The summed E-state index contributed by atoms with van der Waals surface area (Å²) in [6.45, 7) is 0.626. The van der Waals surface area contributed by atoms with Crippen LogP contribution in [0.25, 0.3) is 22.5 Å². The number of rotatable bonds is 2. The molecule has 0 bridgehead atoms. The molecular formula is C20H14ClN3O2. The number of ether oxygens (including phenoxy) is 1. The van der Waals surface area contributed by atoms with Gasteiger partial charge in [-0.15, -0.1) is 0 Å². The van der Waals surface area contributed by atoms with Crippen molar-refractivity contribution in [1.82, 2.24) is 15.1 Å². The molecule has 0 saturated carbocycles. The Labute approximate surface area is 154 Å². The number of halogens is 1. The summed E-state index contributed by atoms with van der Waals surface area (Å²) in [6, 6.07) is 17.6. The lowest BCUT2D eigenvalue weighted by atomic mass is 9.92. The first-order chi connectivity index (χ1) is 12.8. The lowest BCUT2D eigenvalue weighted by Crippen LogP contribution is -2.16. The average molecular weight is 364 g/mol. The van der Waals surface area contributed by atoms with Crippen LogP contribution in [0, 0.1) is 0 Å². The summed E-state index contributed by atoms with van der Waals surface area (Å²) in [5, 5.41) is 5.66. The highest BCUT2D eigenvalue weighted by atomic mass is 35.5. The van der Waals surface area contributed by atoms with E-state index in [1.54, 1.807) is 0 Å². The van der Waals surface area contributed by atoms with Crippen LogP contribution < -0.4 is 4.74 Å². The molecule has 1 aliphatic heterocycles. The number of aromatic nitrogens is 3. The van der Waals surface area contributed by atoms with E-state index >= 15 is 0 Å². The highest BCUT2D eigenvalue weighted by Gasteiger charge is 2.27. The highest BCUT2D eigenvalue weighted by molar-refractivity contribution is 6.33. The lowest BCUT2D eigenvalue weighted by molar-refractivity contribution is 0.272. The van der Waals surface area contributed by atoms with Crippen LogP contribution in [0.2, 0.25) is 5.02 Å². The van der Waals surface area contributed by atoms with Crippen LogP contribution in [-0.2, 0) is 0 Å². The quantitative estimate of drug-likeness (QED) is 0.509. The Morgan fingerprint density at radius 1 is 1.00 bits per heavy atom. The van der Waals surface area contributed by atoms with Gasteiger partial charge in [-0.1, -0.05) is 53.2 Å². The smallest absolute Gasteiger partial charge is 0.278 e. The minimum absolute atomic E-state index is 0.0386. The predicted octanol–water partition coefficient (Wildman–Crippen LogP) is 4.85. The Balaban J connectivity index is 1.57. The van der Waals surface area contributed by atoms with Crippen molar-refractivity contribution in [2.24, 2.45) is 0 Å². The number of benzene rings is 2. The lowest BCUT2D eigenvalue weighted by Gasteiger charge is -2.23. The summed E-state index contributed by atoms with van der Waals surface area (Å²) in [5.74, 6) is 1.87. The first-order valence-electron chi connectivity index (χ1n) is 8.40. The zero-order chi connectivity index (χ0) is 17.5.